The summed E-state index contributed by atoms with van der Waals surface area (Å²) in [5.41, 5.74) is 6.42. The van der Waals surface area contributed by atoms with Crippen molar-refractivity contribution in [2.45, 2.75) is 31.9 Å². The van der Waals surface area contributed by atoms with Crippen molar-refractivity contribution in [1.82, 2.24) is 0 Å². The van der Waals surface area contributed by atoms with Crippen molar-refractivity contribution in [1.29, 1.82) is 0 Å². The minimum Gasteiger partial charge on any atom is -0.372 e. The molecule has 88 valence electrons. The molecular weight excluding hydrogens is 219 g/mol. The van der Waals surface area contributed by atoms with Gasteiger partial charge in [0.25, 0.3) is 0 Å². The average molecular weight is 231 g/mol. The molecule has 0 saturated heterocycles. The minimum atomic E-state index is -4.32. The molecule has 16 heavy (non-hydrogen) atoms. The lowest BCUT2D eigenvalue weighted by Crippen LogP contribution is -2.31. The van der Waals surface area contributed by atoms with E-state index in [0.29, 0.717) is 12.2 Å². The Labute approximate surface area is 91.2 Å². The first kappa shape index (κ1) is 11.4. The number of benzene rings is 1. The summed E-state index contributed by atoms with van der Waals surface area (Å²) in [6.07, 6.45) is -4.58. The van der Waals surface area contributed by atoms with Gasteiger partial charge in [0.15, 0.2) is 0 Å². The van der Waals surface area contributed by atoms with Crippen molar-refractivity contribution in [3.05, 3.63) is 34.9 Å². The molecule has 2 rings (SSSR count). The van der Waals surface area contributed by atoms with Crippen LogP contribution in [0.25, 0.3) is 0 Å². The Bertz CT molecular complexity index is 403. The lowest BCUT2D eigenvalue weighted by atomic mass is 9.93. The van der Waals surface area contributed by atoms with Crippen molar-refractivity contribution in [3.8, 4) is 0 Å². The molecule has 1 aromatic carbocycles. The number of rotatable bonds is 0. The molecule has 0 bridgehead atoms. The Balaban J connectivity index is 2.45. The van der Waals surface area contributed by atoms with Gasteiger partial charge >= 0.3 is 6.18 Å². The minimum absolute atomic E-state index is 0.254. The predicted octanol–water partition coefficient (Wildman–Crippen LogP) is 2.62. The van der Waals surface area contributed by atoms with Gasteiger partial charge in [0.2, 0.25) is 0 Å². The fourth-order valence-electron chi connectivity index (χ4n) is 1.79. The largest absolute Gasteiger partial charge is 0.416 e. The van der Waals surface area contributed by atoms with E-state index in [1.807, 2.05) is 0 Å². The molecule has 0 spiro atoms. The van der Waals surface area contributed by atoms with Crippen molar-refractivity contribution in [3.63, 3.8) is 0 Å². The molecule has 2 N–H and O–H groups in total. The normalized spacial score (nSPS) is 25.3. The first-order chi connectivity index (χ1) is 7.39. The Morgan fingerprint density at radius 3 is 2.69 bits per heavy atom. The highest BCUT2D eigenvalue weighted by molar-refractivity contribution is 5.36. The van der Waals surface area contributed by atoms with E-state index < -0.39 is 17.8 Å². The zero-order chi connectivity index (χ0) is 11.9. The van der Waals surface area contributed by atoms with Gasteiger partial charge < -0.3 is 10.5 Å². The van der Waals surface area contributed by atoms with E-state index in [-0.39, 0.29) is 6.10 Å². The summed E-state index contributed by atoms with van der Waals surface area (Å²) in [5, 5.41) is 0. The molecule has 0 amide bonds. The van der Waals surface area contributed by atoms with Crippen LogP contribution in [0.2, 0.25) is 0 Å². The SMILES string of the molecule is C[C@@H]1OCc2ccc(C(F)(F)F)cc2[C@@H]1N. The highest BCUT2D eigenvalue weighted by Crippen LogP contribution is 2.34. The third-order valence-electron chi connectivity index (χ3n) is 2.84. The quantitative estimate of drug-likeness (QED) is 0.744. The summed E-state index contributed by atoms with van der Waals surface area (Å²) in [6.45, 7) is 2.08. The predicted molar refractivity (Wildman–Crippen MR) is 52.6 cm³/mol. The first-order valence-corrected chi connectivity index (χ1v) is 4.97. The van der Waals surface area contributed by atoms with E-state index in [1.165, 1.54) is 6.07 Å². The van der Waals surface area contributed by atoms with Gasteiger partial charge in [-0.05, 0) is 30.2 Å². The maximum Gasteiger partial charge on any atom is 0.416 e. The Morgan fingerprint density at radius 2 is 2.06 bits per heavy atom. The van der Waals surface area contributed by atoms with Crippen LogP contribution in [-0.2, 0) is 17.5 Å². The summed E-state index contributed by atoms with van der Waals surface area (Å²) < 4.78 is 42.9. The third kappa shape index (κ3) is 1.92. The summed E-state index contributed by atoms with van der Waals surface area (Å²) in [6, 6.07) is 3.12. The zero-order valence-electron chi connectivity index (χ0n) is 8.71. The number of hydrogen-bond donors (Lipinski definition) is 1. The summed E-state index contributed by atoms with van der Waals surface area (Å²) in [7, 11) is 0. The summed E-state index contributed by atoms with van der Waals surface area (Å²) in [4.78, 5) is 0. The van der Waals surface area contributed by atoms with Crippen molar-refractivity contribution in [2.24, 2.45) is 5.73 Å². The molecule has 0 radical (unpaired) electrons. The van der Waals surface area contributed by atoms with Crippen LogP contribution in [-0.4, -0.2) is 6.10 Å². The fourth-order valence-corrected chi connectivity index (χ4v) is 1.79. The smallest absolute Gasteiger partial charge is 0.372 e. The van der Waals surface area contributed by atoms with Gasteiger partial charge in [-0.2, -0.15) is 13.2 Å². The number of hydrogen-bond acceptors (Lipinski definition) is 2. The standard InChI is InChI=1S/C11H12F3NO/c1-6-10(15)9-4-8(11(12,13)14)3-2-7(9)5-16-6/h2-4,6,10H,5,15H2,1H3/t6-,10+/m0/s1. The maximum atomic E-state index is 12.5. The van der Waals surface area contributed by atoms with E-state index in [4.69, 9.17) is 10.5 Å². The van der Waals surface area contributed by atoms with Crippen molar-refractivity contribution < 1.29 is 17.9 Å². The number of halogens is 3. The van der Waals surface area contributed by atoms with E-state index >= 15 is 0 Å². The number of ether oxygens (including phenoxy) is 1. The molecule has 1 aliphatic heterocycles. The molecular formula is C11H12F3NO. The van der Waals surface area contributed by atoms with Gasteiger partial charge in [0.05, 0.1) is 24.3 Å². The molecule has 0 aliphatic carbocycles. The second-order valence-corrected chi connectivity index (χ2v) is 3.95. The number of alkyl halides is 3. The van der Waals surface area contributed by atoms with Gasteiger partial charge in [-0.1, -0.05) is 6.07 Å². The fraction of sp³-hybridized carbons (Fsp3) is 0.455. The first-order valence-electron chi connectivity index (χ1n) is 4.97. The molecule has 1 heterocycles. The molecule has 2 atom stereocenters. The molecule has 0 fully saturated rings. The monoisotopic (exact) mass is 231 g/mol. The van der Waals surface area contributed by atoms with Gasteiger partial charge in [-0.3, -0.25) is 0 Å². The van der Waals surface area contributed by atoms with Crippen LogP contribution in [0, 0.1) is 0 Å². The molecule has 1 aliphatic rings. The number of nitrogens with two attached hydrogens (primary N) is 1. The van der Waals surface area contributed by atoms with Crippen LogP contribution >= 0.6 is 0 Å². The Morgan fingerprint density at radius 1 is 1.38 bits per heavy atom. The van der Waals surface area contributed by atoms with Crippen LogP contribution in [0.1, 0.15) is 29.7 Å². The second-order valence-electron chi connectivity index (χ2n) is 3.95. The van der Waals surface area contributed by atoms with E-state index in [1.54, 1.807) is 6.92 Å². The summed E-state index contributed by atoms with van der Waals surface area (Å²) in [5.74, 6) is 0. The van der Waals surface area contributed by atoms with Crippen LogP contribution in [0.15, 0.2) is 18.2 Å². The highest BCUT2D eigenvalue weighted by atomic mass is 19.4. The van der Waals surface area contributed by atoms with E-state index in [2.05, 4.69) is 0 Å². The van der Waals surface area contributed by atoms with Crippen LogP contribution < -0.4 is 5.73 Å². The lowest BCUT2D eigenvalue weighted by Gasteiger charge is -2.29. The highest BCUT2D eigenvalue weighted by Gasteiger charge is 2.33. The van der Waals surface area contributed by atoms with Gasteiger partial charge in [-0.25, -0.2) is 0 Å². The molecule has 0 saturated carbocycles. The van der Waals surface area contributed by atoms with Gasteiger partial charge in [-0.15, -0.1) is 0 Å². The van der Waals surface area contributed by atoms with Crippen LogP contribution in [0.3, 0.4) is 0 Å². The lowest BCUT2D eigenvalue weighted by molar-refractivity contribution is -0.137. The average Bonchev–Trinajstić information content (AvgIpc) is 2.22. The van der Waals surface area contributed by atoms with Crippen LogP contribution in [0.5, 0.6) is 0 Å². The third-order valence-corrected chi connectivity index (χ3v) is 2.84. The molecule has 2 nitrogen and oxygen atoms in total. The Hall–Kier alpha value is -1.07. The molecule has 1 aromatic rings. The zero-order valence-corrected chi connectivity index (χ0v) is 8.71. The van der Waals surface area contributed by atoms with Crippen molar-refractivity contribution in [2.75, 3.05) is 0 Å². The second kappa shape index (κ2) is 3.75. The van der Waals surface area contributed by atoms with Gasteiger partial charge in [0, 0.05) is 0 Å². The Kier molecular flexibility index (Phi) is 2.67. The maximum absolute atomic E-state index is 12.5. The van der Waals surface area contributed by atoms with E-state index in [0.717, 1.165) is 17.7 Å². The van der Waals surface area contributed by atoms with Crippen LogP contribution in [0.4, 0.5) is 13.2 Å². The van der Waals surface area contributed by atoms with Gasteiger partial charge in [0.1, 0.15) is 0 Å². The van der Waals surface area contributed by atoms with Crippen molar-refractivity contribution >= 4 is 0 Å². The van der Waals surface area contributed by atoms with E-state index in [9.17, 15) is 13.2 Å². The summed E-state index contributed by atoms with van der Waals surface area (Å²) >= 11 is 0. The molecule has 0 unspecified atom stereocenters. The molecule has 5 heteroatoms. The number of fused-ring (bicyclic) bond motifs is 1. The topological polar surface area (TPSA) is 35.2 Å². The molecule has 0 aromatic heterocycles.